The molecule has 0 fully saturated rings. The molecule has 8 nitrogen and oxygen atoms in total. The van der Waals surface area contributed by atoms with Gasteiger partial charge in [0.1, 0.15) is 17.3 Å². The van der Waals surface area contributed by atoms with Crippen molar-refractivity contribution in [1.29, 1.82) is 0 Å². The molecule has 4 aromatic rings. The number of methoxy groups -OCH3 is 1. The fraction of sp³-hybridized carbons (Fsp3) is 0.130. The number of hydrazone groups is 1. The van der Waals surface area contributed by atoms with Gasteiger partial charge in [0, 0.05) is 11.3 Å². The van der Waals surface area contributed by atoms with Crippen molar-refractivity contribution in [2.45, 2.75) is 12.1 Å². The van der Waals surface area contributed by atoms with E-state index < -0.39 is 0 Å². The molecule has 1 N–H and O–H groups in total. The second-order valence-electron chi connectivity index (χ2n) is 6.74. The number of ether oxygens (including phenoxy) is 1. The molecule has 9 heteroatoms. The third-order valence-electron chi connectivity index (χ3n) is 4.47. The summed E-state index contributed by atoms with van der Waals surface area (Å²) >= 11 is 1.27. The Labute approximate surface area is 189 Å². The Kier molecular flexibility index (Phi) is 6.66. The van der Waals surface area contributed by atoms with Crippen LogP contribution >= 0.6 is 11.8 Å². The number of aromatic nitrogens is 3. The van der Waals surface area contributed by atoms with Gasteiger partial charge in [-0.3, -0.25) is 9.36 Å². The van der Waals surface area contributed by atoms with Crippen molar-refractivity contribution in [1.82, 2.24) is 20.2 Å². The summed E-state index contributed by atoms with van der Waals surface area (Å²) in [6.07, 6.45) is 1.46. The fourth-order valence-electron chi connectivity index (χ4n) is 2.95. The second kappa shape index (κ2) is 9.97. The topological polar surface area (TPSA) is 94.5 Å². The molecular formula is C23H21N5O3S. The first-order valence-electron chi connectivity index (χ1n) is 9.80. The number of hydrogen-bond acceptors (Lipinski definition) is 7. The van der Waals surface area contributed by atoms with E-state index in [0.29, 0.717) is 16.7 Å². The lowest BCUT2D eigenvalue weighted by Gasteiger charge is -2.11. The first-order valence-corrected chi connectivity index (χ1v) is 10.8. The number of thioether (sulfide) groups is 1. The molecule has 0 saturated heterocycles. The lowest BCUT2D eigenvalue weighted by atomic mass is 10.2. The van der Waals surface area contributed by atoms with Crippen molar-refractivity contribution < 1.29 is 13.9 Å². The van der Waals surface area contributed by atoms with Crippen molar-refractivity contribution in [3.63, 3.8) is 0 Å². The number of amides is 1. The SMILES string of the molecule is COc1ccc(-n2c(SCC(=O)NN=Cc3ccc(C)o3)nnc2-c2ccccc2)cc1. The summed E-state index contributed by atoms with van der Waals surface area (Å²) in [5.41, 5.74) is 4.29. The van der Waals surface area contributed by atoms with Crippen LogP contribution in [-0.4, -0.2) is 39.7 Å². The summed E-state index contributed by atoms with van der Waals surface area (Å²) in [5.74, 6) is 2.64. The average Bonchev–Trinajstić information content (AvgIpc) is 3.44. The summed E-state index contributed by atoms with van der Waals surface area (Å²) in [6, 6.07) is 21.0. The molecule has 162 valence electrons. The zero-order valence-corrected chi connectivity index (χ0v) is 18.4. The molecule has 0 radical (unpaired) electrons. The number of benzene rings is 2. The van der Waals surface area contributed by atoms with Gasteiger partial charge < -0.3 is 9.15 Å². The highest BCUT2D eigenvalue weighted by atomic mass is 32.2. The van der Waals surface area contributed by atoms with Gasteiger partial charge in [-0.15, -0.1) is 10.2 Å². The van der Waals surface area contributed by atoms with Crippen LogP contribution in [0, 0.1) is 6.92 Å². The summed E-state index contributed by atoms with van der Waals surface area (Å²) in [4.78, 5) is 12.3. The first-order chi connectivity index (χ1) is 15.6. The monoisotopic (exact) mass is 447 g/mol. The van der Waals surface area contributed by atoms with Gasteiger partial charge in [0.25, 0.3) is 5.91 Å². The molecule has 0 aliphatic heterocycles. The van der Waals surface area contributed by atoms with Gasteiger partial charge in [0.15, 0.2) is 11.0 Å². The Hall–Kier alpha value is -3.85. The van der Waals surface area contributed by atoms with E-state index in [1.54, 1.807) is 13.2 Å². The Bertz CT molecular complexity index is 1220. The van der Waals surface area contributed by atoms with E-state index >= 15 is 0 Å². The van der Waals surface area contributed by atoms with Gasteiger partial charge in [-0.05, 0) is 43.3 Å². The van der Waals surface area contributed by atoms with Crippen LogP contribution < -0.4 is 10.2 Å². The zero-order valence-electron chi connectivity index (χ0n) is 17.6. The maximum absolute atomic E-state index is 12.3. The molecule has 32 heavy (non-hydrogen) atoms. The van der Waals surface area contributed by atoms with E-state index in [0.717, 1.165) is 22.8 Å². The number of carbonyl (C=O) groups excluding carboxylic acids is 1. The molecule has 0 aliphatic rings. The van der Waals surface area contributed by atoms with E-state index in [2.05, 4.69) is 20.7 Å². The van der Waals surface area contributed by atoms with E-state index in [9.17, 15) is 4.79 Å². The maximum Gasteiger partial charge on any atom is 0.250 e. The molecule has 0 unspecified atom stereocenters. The molecule has 0 bridgehead atoms. The minimum atomic E-state index is -0.264. The molecule has 2 aromatic heterocycles. The van der Waals surface area contributed by atoms with Crippen LogP contribution in [0.1, 0.15) is 11.5 Å². The molecule has 0 aliphatic carbocycles. The van der Waals surface area contributed by atoms with Crippen LogP contribution in [0.15, 0.2) is 81.4 Å². The average molecular weight is 448 g/mol. The van der Waals surface area contributed by atoms with Crippen LogP contribution in [0.2, 0.25) is 0 Å². The molecule has 0 saturated carbocycles. The van der Waals surface area contributed by atoms with Gasteiger partial charge >= 0.3 is 0 Å². The highest BCUT2D eigenvalue weighted by Gasteiger charge is 2.17. The summed E-state index contributed by atoms with van der Waals surface area (Å²) in [5, 5.41) is 13.2. The molecule has 2 aromatic carbocycles. The van der Waals surface area contributed by atoms with E-state index in [1.165, 1.54) is 18.0 Å². The number of furan rings is 1. The summed E-state index contributed by atoms with van der Waals surface area (Å²) in [7, 11) is 1.62. The zero-order chi connectivity index (χ0) is 22.3. The van der Waals surface area contributed by atoms with E-state index in [-0.39, 0.29) is 11.7 Å². The molecule has 0 spiro atoms. The third kappa shape index (κ3) is 5.06. The number of carbonyl (C=O) groups is 1. The number of rotatable bonds is 8. The minimum Gasteiger partial charge on any atom is -0.497 e. The Morgan fingerprint density at radius 2 is 1.91 bits per heavy atom. The quantitative estimate of drug-likeness (QED) is 0.248. The van der Waals surface area contributed by atoms with Crippen molar-refractivity contribution in [2.75, 3.05) is 12.9 Å². The Morgan fingerprint density at radius 1 is 1.12 bits per heavy atom. The van der Waals surface area contributed by atoms with Gasteiger partial charge in [-0.25, -0.2) is 5.43 Å². The molecule has 2 heterocycles. The highest BCUT2D eigenvalue weighted by Crippen LogP contribution is 2.28. The number of aryl methyl sites for hydroxylation is 1. The van der Waals surface area contributed by atoms with Crippen LogP contribution in [0.25, 0.3) is 17.1 Å². The predicted molar refractivity (Wildman–Crippen MR) is 123 cm³/mol. The predicted octanol–water partition coefficient (Wildman–Crippen LogP) is 4.09. The summed E-state index contributed by atoms with van der Waals surface area (Å²) in [6.45, 7) is 1.84. The summed E-state index contributed by atoms with van der Waals surface area (Å²) < 4.78 is 12.6. The van der Waals surface area contributed by atoms with Gasteiger partial charge in [0.2, 0.25) is 0 Å². The van der Waals surface area contributed by atoms with Crippen molar-refractivity contribution in [2.24, 2.45) is 5.10 Å². The van der Waals surface area contributed by atoms with Crippen LogP contribution in [0.5, 0.6) is 5.75 Å². The smallest absolute Gasteiger partial charge is 0.250 e. The Balaban J connectivity index is 1.52. The molecule has 4 rings (SSSR count). The fourth-order valence-corrected chi connectivity index (χ4v) is 3.70. The van der Waals surface area contributed by atoms with Crippen LogP contribution in [-0.2, 0) is 4.79 Å². The van der Waals surface area contributed by atoms with E-state index in [1.807, 2.05) is 72.2 Å². The highest BCUT2D eigenvalue weighted by molar-refractivity contribution is 7.99. The van der Waals surface area contributed by atoms with Crippen molar-refractivity contribution in [3.05, 3.63) is 78.3 Å². The second-order valence-corrected chi connectivity index (χ2v) is 7.68. The number of hydrogen-bond donors (Lipinski definition) is 1. The number of nitrogens with one attached hydrogen (secondary N) is 1. The van der Waals surface area contributed by atoms with E-state index in [4.69, 9.17) is 9.15 Å². The van der Waals surface area contributed by atoms with Crippen molar-refractivity contribution >= 4 is 23.9 Å². The van der Waals surface area contributed by atoms with Crippen LogP contribution in [0.4, 0.5) is 0 Å². The third-order valence-corrected chi connectivity index (χ3v) is 5.40. The molecular weight excluding hydrogens is 426 g/mol. The largest absolute Gasteiger partial charge is 0.497 e. The number of nitrogens with zero attached hydrogens (tertiary/aromatic N) is 4. The molecule has 1 amide bonds. The maximum atomic E-state index is 12.3. The van der Waals surface area contributed by atoms with Crippen LogP contribution in [0.3, 0.4) is 0 Å². The normalized spacial score (nSPS) is 11.1. The Morgan fingerprint density at radius 3 is 2.59 bits per heavy atom. The molecule has 0 atom stereocenters. The van der Waals surface area contributed by atoms with Crippen molar-refractivity contribution in [3.8, 4) is 22.8 Å². The van der Waals surface area contributed by atoms with Gasteiger partial charge in [0.05, 0.1) is 19.1 Å². The van der Waals surface area contributed by atoms with Gasteiger partial charge in [-0.1, -0.05) is 42.1 Å². The minimum absolute atomic E-state index is 0.123. The lowest BCUT2D eigenvalue weighted by Crippen LogP contribution is -2.19. The first kappa shape index (κ1) is 21.4. The lowest BCUT2D eigenvalue weighted by molar-refractivity contribution is -0.118. The van der Waals surface area contributed by atoms with Gasteiger partial charge in [-0.2, -0.15) is 5.10 Å². The standard InChI is InChI=1S/C23H21N5O3S/c1-16-8-11-20(31-16)14-24-25-21(29)15-32-23-27-26-22(17-6-4-3-5-7-17)28(23)18-9-12-19(30-2)13-10-18/h3-14H,15H2,1-2H3,(H,25,29).